The number of fused-ring (bicyclic) bond motifs is 1. The molecular weight excluding hydrogens is 440 g/mol. The van der Waals surface area contributed by atoms with Crippen LogP contribution in [0.2, 0.25) is 0 Å². The van der Waals surface area contributed by atoms with Gasteiger partial charge in [-0.15, -0.1) is 5.10 Å². The van der Waals surface area contributed by atoms with E-state index >= 15 is 0 Å². The molecule has 11 heteroatoms. The molecule has 11 nitrogen and oxygen atoms in total. The van der Waals surface area contributed by atoms with Gasteiger partial charge in [0.2, 0.25) is 5.91 Å². The molecule has 1 N–H and O–H groups in total. The van der Waals surface area contributed by atoms with E-state index in [1.165, 1.54) is 25.1 Å². The minimum atomic E-state index is -0.661. The van der Waals surface area contributed by atoms with Crippen molar-refractivity contribution < 1.29 is 23.9 Å². The molecule has 0 fully saturated rings. The number of anilines is 2. The lowest BCUT2D eigenvalue weighted by atomic mass is 10.1. The molecular formula is C23H22N6O5. The topological polar surface area (TPSA) is 136 Å². The number of aryl methyl sites for hydroxylation is 1. The Morgan fingerprint density at radius 2 is 1.76 bits per heavy atom. The molecule has 1 aliphatic rings. The second-order valence-electron chi connectivity index (χ2n) is 7.68. The number of nitrogens with zero attached hydrogens (tertiary/aromatic N) is 5. The lowest BCUT2D eigenvalue weighted by molar-refractivity contribution is -0.114. The predicted molar refractivity (Wildman–Crippen MR) is 120 cm³/mol. The zero-order chi connectivity index (χ0) is 24.2. The molecule has 0 unspecified atom stereocenters. The Bertz CT molecular complexity index is 1270. The van der Waals surface area contributed by atoms with Crippen LogP contribution in [0.1, 0.15) is 63.6 Å². The third-order valence-electron chi connectivity index (χ3n) is 5.23. The number of rotatable bonds is 8. The number of carbonyl (C=O) groups is 4. The minimum absolute atomic E-state index is 0.109. The summed E-state index contributed by atoms with van der Waals surface area (Å²) in [6, 6.07) is 10.5. The van der Waals surface area contributed by atoms with E-state index < -0.39 is 17.8 Å². The van der Waals surface area contributed by atoms with Gasteiger partial charge in [-0.05, 0) is 59.3 Å². The molecule has 0 saturated carbocycles. The summed E-state index contributed by atoms with van der Waals surface area (Å²) in [4.78, 5) is 50.6. The summed E-state index contributed by atoms with van der Waals surface area (Å²) in [6.45, 7) is 3.93. The number of unbranched alkanes of at least 4 members (excludes halogenated alkanes) is 1. The summed E-state index contributed by atoms with van der Waals surface area (Å²) in [5, 5.41) is 14.0. The average molecular weight is 462 g/mol. The van der Waals surface area contributed by atoms with Crippen LogP contribution in [0.5, 0.6) is 0 Å². The summed E-state index contributed by atoms with van der Waals surface area (Å²) < 4.78 is 6.90. The molecule has 0 saturated heterocycles. The normalized spacial score (nSPS) is 12.6. The van der Waals surface area contributed by atoms with Gasteiger partial charge in [0.05, 0.1) is 22.4 Å². The number of esters is 1. The van der Waals surface area contributed by atoms with Gasteiger partial charge in [0.15, 0.2) is 12.4 Å². The van der Waals surface area contributed by atoms with Gasteiger partial charge in [-0.3, -0.25) is 14.4 Å². The Kier molecular flexibility index (Phi) is 6.44. The van der Waals surface area contributed by atoms with E-state index in [0.717, 1.165) is 17.7 Å². The maximum Gasteiger partial charge on any atom is 0.338 e. The van der Waals surface area contributed by atoms with Gasteiger partial charge >= 0.3 is 5.97 Å². The zero-order valence-corrected chi connectivity index (χ0v) is 18.6. The van der Waals surface area contributed by atoms with Crippen LogP contribution >= 0.6 is 0 Å². The van der Waals surface area contributed by atoms with Crippen molar-refractivity contribution in [3.63, 3.8) is 0 Å². The quantitative estimate of drug-likeness (QED) is 0.398. The molecule has 3 amide bonds. The first kappa shape index (κ1) is 22.8. The number of amides is 3. The largest absolute Gasteiger partial charge is 0.454 e. The summed E-state index contributed by atoms with van der Waals surface area (Å²) >= 11 is 0. The highest BCUT2D eigenvalue weighted by atomic mass is 16.5. The molecule has 3 aromatic rings. The number of hydrogen-bond donors (Lipinski definition) is 1. The van der Waals surface area contributed by atoms with Crippen LogP contribution in [0, 0.1) is 0 Å². The van der Waals surface area contributed by atoms with Crippen molar-refractivity contribution in [2.24, 2.45) is 0 Å². The van der Waals surface area contributed by atoms with E-state index in [2.05, 4.69) is 20.8 Å². The summed E-state index contributed by atoms with van der Waals surface area (Å²) in [5.74, 6) is -1.52. The molecule has 2 heterocycles. The maximum atomic E-state index is 13.0. The molecule has 0 spiro atoms. The van der Waals surface area contributed by atoms with Gasteiger partial charge in [0.25, 0.3) is 11.8 Å². The number of carbonyl (C=O) groups excluding carboxylic acids is 4. The smallest absolute Gasteiger partial charge is 0.338 e. The van der Waals surface area contributed by atoms with Gasteiger partial charge < -0.3 is 10.1 Å². The summed E-state index contributed by atoms with van der Waals surface area (Å²) in [7, 11) is 0. The maximum absolute atomic E-state index is 13.0. The van der Waals surface area contributed by atoms with Crippen LogP contribution in [-0.4, -0.2) is 43.9 Å². The first-order valence-electron chi connectivity index (χ1n) is 10.7. The highest BCUT2D eigenvalue weighted by Crippen LogP contribution is 2.30. The number of benzene rings is 2. The first-order chi connectivity index (χ1) is 16.4. The summed E-state index contributed by atoms with van der Waals surface area (Å²) in [6.07, 6.45) is 1.86. The van der Waals surface area contributed by atoms with Gasteiger partial charge in [0, 0.05) is 19.2 Å². The lowest BCUT2D eigenvalue weighted by Gasteiger charge is -2.14. The highest BCUT2D eigenvalue weighted by Gasteiger charge is 2.37. The van der Waals surface area contributed by atoms with E-state index in [4.69, 9.17) is 4.74 Å². The highest BCUT2D eigenvalue weighted by molar-refractivity contribution is 6.34. The van der Waals surface area contributed by atoms with E-state index in [9.17, 15) is 19.2 Å². The molecule has 0 atom stereocenters. The average Bonchev–Trinajstić information content (AvgIpc) is 3.38. The molecule has 0 bridgehead atoms. The fourth-order valence-electron chi connectivity index (χ4n) is 3.52. The van der Waals surface area contributed by atoms with Crippen molar-refractivity contribution in [2.75, 3.05) is 10.2 Å². The van der Waals surface area contributed by atoms with Crippen LogP contribution in [0.15, 0.2) is 42.5 Å². The molecule has 1 aliphatic heterocycles. The monoisotopic (exact) mass is 462 g/mol. The second kappa shape index (κ2) is 9.61. The first-order valence-corrected chi connectivity index (χ1v) is 10.7. The van der Waals surface area contributed by atoms with Crippen molar-refractivity contribution in [1.29, 1.82) is 0 Å². The Morgan fingerprint density at radius 1 is 1.03 bits per heavy atom. The molecule has 4 rings (SSSR count). The van der Waals surface area contributed by atoms with Gasteiger partial charge in [0.1, 0.15) is 0 Å². The molecule has 2 aromatic carbocycles. The second-order valence-corrected chi connectivity index (χ2v) is 7.68. The van der Waals surface area contributed by atoms with Crippen molar-refractivity contribution in [1.82, 2.24) is 20.2 Å². The van der Waals surface area contributed by atoms with Gasteiger partial charge in [-0.25, -0.2) is 14.4 Å². The van der Waals surface area contributed by atoms with E-state index in [1.807, 2.05) is 6.92 Å². The molecule has 1 aromatic heterocycles. The molecule has 34 heavy (non-hydrogen) atoms. The van der Waals surface area contributed by atoms with Crippen molar-refractivity contribution in [3.05, 3.63) is 65.0 Å². The fraction of sp³-hybridized carbons (Fsp3) is 0.261. The standard InChI is InChI=1S/C23H22N6O5/c1-3-4-11-28-20(25-26-27-28)13-34-23(33)15-5-10-18-19(12-15)22(32)29(21(18)31)17-8-6-16(7-9-17)24-14(2)30/h5-10,12H,3-4,11,13H2,1-2H3,(H,24,30). The Balaban J connectivity index is 1.48. The predicted octanol–water partition coefficient (Wildman–Crippen LogP) is 2.59. The third-order valence-corrected chi connectivity index (χ3v) is 5.23. The number of tetrazole rings is 1. The van der Waals surface area contributed by atoms with E-state index in [0.29, 0.717) is 23.7 Å². The van der Waals surface area contributed by atoms with Crippen LogP contribution in [-0.2, 0) is 22.7 Å². The number of hydrogen-bond acceptors (Lipinski definition) is 8. The molecule has 174 valence electrons. The summed E-state index contributed by atoms with van der Waals surface area (Å²) in [5.41, 5.74) is 1.33. The van der Waals surface area contributed by atoms with Crippen LogP contribution in [0.3, 0.4) is 0 Å². The number of aromatic nitrogens is 4. The number of nitrogens with one attached hydrogen (secondary N) is 1. The minimum Gasteiger partial charge on any atom is -0.454 e. The van der Waals surface area contributed by atoms with E-state index in [-0.39, 0.29) is 29.2 Å². The zero-order valence-electron chi connectivity index (χ0n) is 18.6. The van der Waals surface area contributed by atoms with Crippen LogP contribution in [0.25, 0.3) is 0 Å². The fourth-order valence-corrected chi connectivity index (χ4v) is 3.52. The molecule has 0 aliphatic carbocycles. The van der Waals surface area contributed by atoms with E-state index in [1.54, 1.807) is 28.9 Å². The molecule has 0 radical (unpaired) electrons. The Hall–Kier alpha value is -4.41. The Labute approximate surface area is 194 Å². The van der Waals surface area contributed by atoms with Crippen molar-refractivity contribution in [3.8, 4) is 0 Å². The lowest BCUT2D eigenvalue weighted by Crippen LogP contribution is -2.29. The van der Waals surface area contributed by atoms with Crippen molar-refractivity contribution in [2.45, 2.75) is 39.8 Å². The van der Waals surface area contributed by atoms with Crippen molar-refractivity contribution >= 4 is 35.1 Å². The number of imide groups is 1. The van der Waals surface area contributed by atoms with Crippen LogP contribution < -0.4 is 10.2 Å². The Morgan fingerprint density at radius 3 is 2.47 bits per heavy atom. The van der Waals surface area contributed by atoms with Gasteiger partial charge in [-0.1, -0.05) is 13.3 Å². The van der Waals surface area contributed by atoms with Crippen LogP contribution in [0.4, 0.5) is 11.4 Å². The SMILES string of the molecule is CCCCn1nnnc1COC(=O)c1ccc2c(c1)C(=O)N(c1ccc(NC(C)=O)cc1)C2=O. The number of ether oxygens (including phenoxy) is 1. The third kappa shape index (κ3) is 4.53. The van der Waals surface area contributed by atoms with Gasteiger partial charge in [-0.2, -0.15) is 0 Å².